The molecule has 1 unspecified atom stereocenters. The number of hydrogen-bond acceptors (Lipinski definition) is 4. The van der Waals surface area contributed by atoms with E-state index in [9.17, 15) is 19.2 Å². The van der Waals surface area contributed by atoms with Gasteiger partial charge in [0.05, 0.1) is 6.54 Å². The smallest absolute Gasteiger partial charge is 0.288 e. The SMILES string of the molecule is CC(C)C(=O)C(=O)NCC(=O)NC(C(=O)N(C)C)c1ccc(Br)cc1. The molecule has 25 heavy (non-hydrogen) atoms. The predicted molar refractivity (Wildman–Crippen MR) is 96.6 cm³/mol. The summed E-state index contributed by atoms with van der Waals surface area (Å²) in [5.41, 5.74) is 0.611. The van der Waals surface area contributed by atoms with Gasteiger partial charge >= 0.3 is 0 Å². The summed E-state index contributed by atoms with van der Waals surface area (Å²) in [4.78, 5) is 48.9. The van der Waals surface area contributed by atoms with E-state index < -0.39 is 29.6 Å². The molecule has 1 atom stereocenters. The molecule has 3 amide bonds. The van der Waals surface area contributed by atoms with Gasteiger partial charge in [-0.2, -0.15) is 0 Å². The summed E-state index contributed by atoms with van der Waals surface area (Å²) in [5, 5.41) is 4.85. The molecule has 0 heterocycles. The molecule has 0 spiro atoms. The first-order chi connectivity index (χ1) is 11.6. The third kappa shape index (κ3) is 6.30. The molecule has 0 aliphatic rings. The van der Waals surface area contributed by atoms with Gasteiger partial charge in [0, 0.05) is 24.5 Å². The van der Waals surface area contributed by atoms with Gasteiger partial charge in [-0.1, -0.05) is 41.9 Å². The minimum atomic E-state index is -0.881. The number of amides is 3. The lowest BCUT2D eigenvalue weighted by Gasteiger charge is -2.22. The molecule has 8 heteroatoms. The number of ketones is 1. The maximum atomic E-state index is 12.4. The highest BCUT2D eigenvalue weighted by Gasteiger charge is 2.25. The topological polar surface area (TPSA) is 95.6 Å². The van der Waals surface area contributed by atoms with Gasteiger partial charge in [0.25, 0.3) is 5.91 Å². The van der Waals surface area contributed by atoms with Crippen molar-refractivity contribution in [2.75, 3.05) is 20.6 Å². The largest absolute Gasteiger partial charge is 0.347 e. The highest BCUT2D eigenvalue weighted by Crippen LogP contribution is 2.18. The summed E-state index contributed by atoms with van der Waals surface area (Å²) in [6, 6.07) is 6.09. The Labute approximate surface area is 155 Å². The van der Waals surface area contributed by atoms with Crippen molar-refractivity contribution < 1.29 is 19.2 Å². The molecule has 1 aromatic carbocycles. The number of halogens is 1. The van der Waals surface area contributed by atoms with Gasteiger partial charge in [-0.15, -0.1) is 0 Å². The summed E-state index contributed by atoms with van der Waals surface area (Å²) in [5.74, 6) is -2.73. The Hall–Kier alpha value is -2.22. The summed E-state index contributed by atoms with van der Waals surface area (Å²) in [6.07, 6.45) is 0. The number of benzene rings is 1. The molecule has 7 nitrogen and oxygen atoms in total. The lowest BCUT2D eigenvalue weighted by molar-refractivity contribution is -0.140. The van der Waals surface area contributed by atoms with Crippen LogP contribution in [0.5, 0.6) is 0 Å². The Morgan fingerprint density at radius 1 is 1.08 bits per heavy atom. The second-order valence-electron chi connectivity index (χ2n) is 5.99. The molecule has 0 aliphatic carbocycles. The second kappa shape index (κ2) is 9.31. The summed E-state index contributed by atoms with van der Waals surface area (Å²) < 4.78 is 0.845. The summed E-state index contributed by atoms with van der Waals surface area (Å²) in [7, 11) is 3.17. The van der Waals surface area contributed by atoms with Crippen LogP contribution >= 0.6 is 15.9 Å². The first kappa shape index (κ1) is 20.8. The molecule has 0 radical (unpaired) electrons. The number of nitrogens with zero attached hydrogens (tertiary/aromatic N) is 1. The Balaban J connectivity index is 2.79. The number of nitrogens with one attached hydrogen (secondary N) is 2. The van der Waals surface area contributed by atoms with Gasteiger partial charge in [-0.05, 0) is 17.7 Å². The van der Waals surface area contributed by atoms with Gasteiger partial charge < -0.3 is 15.5 Å². The van der Waals surface area contributed by atoms with E-state index in [2.05, 4.69) is 26.6 Å². The normalized spacial score (nSPS) is 11.6. The number of Topliss-reactive ketones (excluding diaryl/α,β-unsaturated/α-hetero) is 1. The second-order valence-corrected chi connectivity index (χ2v) is 6.90. The molecule has 2 N–H and O–H groups in total. The van der Waals surface area contributed by atoms with Crippen molar-refractivity contribution in [1.82, 2.24) is 15.5 Å². The van der Waals surface area contributed by atoms with Crippen molar-refractivity contribution in [3.8, 4) is 0 Å². The number of carbonyl (C=O) groups is 4. The fourth-order valence-corrected chi connectivity index (χ4v) is 2.19. The van der Waals surface area contributed by atoms with Gasteiger partial charge in [-0.25, -0.2) is 0 Å². The van der Waals surface area contributed by atoms with Crippen LogP contribution in [-0.4, -0.2) is 49.0 Å². The van der Waals surface area contributed by atoms with Gasteiger partial charge in [0.2, 0.25) is 17.6 Å². The lowest BCUT2D eigenvalue weighted by Crippen LogP contribution is -2.45. The van der Waals surface area contributed by atoms with Gasteiger partial charge in [0.15, 0.2) is 0 Å². The molecule has 1 rings (SSSR count). The monoisotopic (exact) mass is 411 g/mol. The average Bonchev–Trinajstić information content (AvgIpc) is 2.56. The average molecular weight is 412 g/mol. The van der Waals surface area contributed by atoms with Crippen LogP contribution < -0.4 is 10.6 Å². The fourth-order valence-electron chi connectivity index (χ4n) is 1.92. The van der Waals surface area contributed by atoms with Crippen LogP contribution in [0.25, 0.3) is 0 Å². The van der Waals surface area contributed by atoms with Crippen LogP contribution in [0.4, 0.5) is 0 Å². The molecule has 1 aromatic rings. The molecular weight excluding hydrogens is 390 g/mol. The van der Waals surface area contributed by atoms with Gasteiger partial charge in [0.1, 0.15) is 6.04 Å². The van der Waals surface area contributed by atoms with Gasteiger partial charge in [-0.3, -0.25) is 19.2 Å². The van der Waals surface area contributed by atoms with Crippen molar-refractivity contribution in [3.63, 3.8) is 0 Å². The quantitative estimate of drug-likeness (QED) is 0.655. The maximum absolute atomic E-state index is 12.4. The van der Waals surface area contributed by atoms with E-state index in [1.807, 2.05) is 0 Å². The van der Waals surface area contributed by atoms with Crippen LogP contribution in [0.1, 0.15) is 25.5 Å². The Morgan fingerprint density at radius 2 is 1.64 bits per heavy atom. The first-order valence-electron chi connectivity index (χ1n) is 7.71. The predicted octanol–water partition coefficient (Wildman–Crippen LogP) is 1.04. The highest BCUT2D eigenvalue weighted by molar-refractivity contribution is 9.10. The van der Waals surface area contributed by atoms with E-state index in [-0.39, 0.29) is 12.5 Å². The van der Waals surface area contributed by atoms with Crippen molar-refractivity contribution in [3.05, 3.63) is 34.3 Å². The van der Waals surface area contributed by atoms with Crippen LogP contribution in [0.2, 0.25) is 0 Å². The zero-order chi connectivity index (χ0) is 19.1. The highest BCUT2D eigenvalue weighted by atomic mass is 79.9. The van der Waals surface area contributed by atoms with Crippen molar-refractivity contribution in [2.24, 2.45) is 5.92 Å². The molecule has 0 aromatic heterocycles. The molecule has 0 aliphatic heterocycles. The molecule has 0 fully saturated rings. The minimum absolute atomic E-state index is 0.305. The van der Waals surface area contributed by atoms with E-state index in [1.54, 1.807) is 52.2 Å². The standard InChI is InChI=1S/C17H22BrN3O4/c1-10(2)15(23)16(24)19-9-13(22)20-14(17(25)21(3)4)11-5-7-12(18)8-6-11/h5-8,10,14H,9H2,1-4H3,(H,19,24)(H,20,22). The molecule has 136 valence electrons. The molecule has 0 bridgehead atoms. The molecule has 0 saturated heterocycles. The zero-order valence-electron chi connectivity index (χ0n) is 14.6. The van der Waals surface area contributed by atoms with Crippen LogP contribution in [0.3, 0.4) is 0 Å². The van der Waals surface area contributed by atoms with Crippen LogP contribution in [0.15, 0.2) is 28.7 Å². The third-order valence-corrected chi connectivity index (χ3v) is 3.88. The Morgan fingerprint density at radius 3 is 2.12 bits per heavy atom. The minimum Gasteiger partial charge on any atom is -0.347 e. The molecular formula is C17H22BrN3O4. The van der Waals surface area contributed by atoms with E-state index in [1.165, 1.54) is 4.90 Å². The number of carbonyl (C=O) groups excluding carboxylic acids is 4. The number of likely N-dealkylation sites (N-methyl/N-ethyl adjacent to an activating group) is 1. The van der Waals surface area contributed by atoms with E-state index in [4.69, 9.17) is 0 Å². The van der Waals surface area contributed by atoms with E-state index in [0.29, 0.717) is 5.56 Å². The van der Waals surface area contributed by atoms with E-state index in [0.717, 1.165) is 4.47 Å². The summed E-state index contributed by atoms with van der Waals surface area (Å²) >= 11 is 3.32. The third-order valence-electron chi connectivity index (χ3n) is 3.35. The Bertz CT molecular complexity index is 656. The zero-order valence-corrected chi connectivity index (χ0v) is 16.2. The van der Waals surface area contributed by atoms with Crippen molar-refractivity contribution in [2.45, 2.75) is 19.9 Å². The lowest BCUT2D eigenvalue weighted by atomic mass is 10.1. The van der Waals surface area contributed by atoms with E-state index >= 15 is 0 Å². The first-order valence-corrected chi connectivity index (χ1v) is 8.50. The van der Waals surface area contributed by atoms with Crippen molar-refractivity contribution >= 4 is 39.4 Å². The number of rotatable bonds is 7. The molecule has 0 saturated carbocycles. The fraction of sp³-hybridized carbons (Fsp3) is 0.412. The van der Waals surface area contributed by atoms with Crippen LogP contribution in [-0.2, 0) is 19.2 Å². The summed E-state index contributed by atoms with van der Waals surface area (Å²) in [6.45, 7) is 2.81. The Kier molecular flexibility index (Phi) is 7.76. The number of hydrogen-bond donors (Lipinski definition) is 2. The van der Waals surface area contributed by atoms with Crippen molar-refractivity contribution in [1.29, 1.82) is 0 Å². The van der Waals surface area contributed by atoms with Crippen LogP contribution in [0, 0.1) is 5.92 Å². The maximum Gasteiger partial charge on any atom is 0.288 e.